The Balaban J connectivity index is 0.000000917. The van der Waals surface area contributed by atoms with E-state index in [1.165, 1.54) is 6.07 Å². The van der Waals surface area contributed by atoms with Gasteiger partial charge < -0.3 is 20.1 Å². The molecule has 1 aliphatic heterocycles. The summed E-state index contributed by atoms with van der Waals surface area (Å²) in [5.41, 5.74) is 2.70. The van der Waals surface area contributed by atoms with Crippen molar-refractivity contribution in [3.8, 4) is 17.0 Å². The monoisotopic (exact) mass is 492 g/mol. The zero-order valence-electron chi connectivity index (χ0n) is 19.4. The maximum Gasteiger partial charge on any atom is 0.573 e. The molecule has 0 radical (unpaired) electrons. The fraction of sp³-hybridized carbons (Fsp3) is 0.478. The summed E-state index contributed by atoms with van der Waals surface area (Å²) >= 11 is 0. The van der Waals surface area contributed by atoms with Gasteiger partial charge in [0.05, 0.1) is 11.2 Å². The smallest absolute Gasteiger partial charge is 0.483 e. The van der Waals surface area contributed by atoms with Gasteiger partial charge in [-0.2, -0.15) is 9.61 Å². The number of piperidine rings is 1. The normalized spacial score (nSPS) is 18.6. The molecule has 9 nitrogen and oxygen atoms in total. The number of nitrogens with zero attached hydrogens (tertiary/aromatic N) is 5. The lowest BCUT2D eigenvalue weighted by molar-refractivity contribution is -0.274. The molecule has 2 fully saturated rings. The standard InChI is InChI=1S/C22H25F3N6O.CH2O2/c1-13-10-18-20(17-8-7-15(14-5-6-14)11-19(17)32-22(23,24)25)27-28-21(31(18)29-13)26-16-4-3-9-30(2)12-16;2-1-3/h7-8,10-11,14,16H,3-6,9,12H2,1-2H3,(H,26,28);1H,(H,2,3)/t16-;/m1./s1. The number of likely N-dealkylation sites (N-methyl/N-ethyl adjacent to an activating group) is 1. The SMILES string of the molecule is Cc1cc2c(-c3ccc(C4CC4)cc3OC(F)(F)F)nnc(N[C@@H]3CCCN(C)C3)n2n1.O=CO. The van der Waals surface area contributed by atoms with Crippen molar-refractivity contribution in [2.75, 3.05) is 25.5 Å². The van der Waals surface area contributed by atoms with Crippen molar-refractivity contribution in [1.29, 1.82) is 0 Å². The van der Waals surface area contributed by atoms with Gasteiger partial charge in [-0.05, 0) is 75.9 Å². The van der Waals surface area contributed by atoms with Gasteiger partial charge in [0.1, 0.15) is 11.4 Å². The number of ether oxygens (including phenoxy) is 1. The van der Waals surface area contributed by atoms with Gasteiger partial charge in [-0.1, -0.05) is 6.07 Å². The average Bonchev–Trinajstić information content (AvgIpc) is 3.55. The van der Waals surface area contributed by atoms with E-state index >= 15 is 0 Å². The minimum absolute atomic E-state index is 0.198. The molecule has 2 N–H and O–H groups in total. The first-order valence-corrected chi connectivity index (χ1v) is 11.3. The molecular weight excluding hydrogens is 465 g/mol. The van der Waals surface area contributed by atoms with E-state index in [9.17, 15) is 13.2 Å². The molecule has 1 aromatic carbocycles. The molecule has 0 spiro atoms. The van der Waals surface area contributed by atoms with Gasteiger partial charge in [-0.3, -0.25) is 4.79 Å². The number of carboxylic acid groups (broad SMARTS) is 1. The number of nitrogens with one attached hydrogen (secondary N) is 1. The number of carbonyl (C=O) groups is 1. The molecule has 2 aliphatic rings. The van der Waals surface area contributed by atoms with Gasteiger partial charge in [-0.15, -0.1) is 23.4 Å². The number of fused-ring (bicyclic) bond motifs is 1. The fourth-order valence-corrected chi connectivity index (χ4v) is 4.38. The van der Waals surface area contributed by atoms with Crippen LogP contribution in [0.1, 0.15) is 42.9 Å². The highest BCUT2D eigenvalue weighted by molar-refractivity contribution is 5.81. The van der Waals surface area contributed by atoms with E-state index in [2.05, 4.69) is 37.3 Å². The summed E-state index contributed by atoms with van der Waals surface area (Å²) in [6.07, 6.45) is -0.764. The Labute approximate surface area is 199 Å². The van der Waals surface area contributed by atoms with Crippen LogP contribution in [0.15, 0.2) is 24.3 Å². The van der Waals surface area contributed by atoms with Crippen LogP contribution in [0.5, 0.6) is 5.75 Å². The zero-order chi connectivity index (χ0) is 25.2. The van der Waals surface area contributed by atoms with Gasteiger partial charge in [0.25, 0.3) is 6.47 Å². The lowest BCUT2D eigenvalue weighted by Crippen LogP contribution is -2.40. The van der Waals surface area contributed by atoms with Crippen molar-refractivity contribution in [2.24, 2.45) is 0 Å². The number of hydrogen-bond acceptors (Lipinski definition) is 7. The molecule has 1 atom stereocenters. The predicted octanol–water partition coefficient (Wildman–Crippen LogP) is 4.08. The third kappa shape index (κ3) is 5.99. The van der Waals surface area contributed by atoms with Crippen molar-refractivity contribution in [3.05, 3.63) is 35.5 Å². The van der Waals surface area contributed by atoms with Crippen LogP contribution in [0.3, 0.4) is 0 Å². The van der Waals surface area contributed by atoms with Crippen molar-refractivity contribution < 1.29 is 27.8 Å². The van der Waals surface area contributed by atoms with E-state index in [1.54, 1.807) is 16.6 Å². The lowest BCUT2D eigenvalue weighted by atomic mass is 10.0. The van der Waals surface area contributed by atoms with Crippen LogP contribution in [-0.4, -0.2) is 68.8 Å². The number of halogens is 3. The third-order valence-corrected chi connectivity index (χ3v) is 6.01. The molecule has 5 rings (SSSR count). The quantitative estimate of drug-likeness (QED) is 0.514. The number of benzene rings is 1. The molecule has 188 valence electrons. The van der Waals surface area contributed by atoms with Crippen LogP contribution in [-0.2, 0) is 4.79 Å². The first-order valence-electron chi connectivity index (χ1n) is 11.3. The summed E-state index contributed by atoms with van der Waals surface area (Å²) in [7, 11) is 2.07. The Morgan fingerprint density at radius 1 is 1.20 bits per heavy atom. The topological polar surface area (TPSA) is 105 Å². The van der Waals surface area contributed by atoms with E-state index in [-0.39, 0.29) is 23.8 Å². The van der Waals surface area contributed by atoms with E-state index < -0.39 is 6.36 Å². The Morgan fingerprint density at radius 2 is 1.94 bits per heavy atom. The maximum atomic E-state index is 13.2. The summed E-state index contributed by atoms with van der Waals surface area (Å²) in [6, 6.07) is 6.97. The van der Waals surface area contributed by atoms with Gasteiger partial charge >= 0.3 is 6.36 Å². The lowest BCUT2D eigenvalue weighted by Gasteiger charge is -2.30. The van der Waals surface area contributed by atoms with E-state index in [4.69, 9.17) is 9.90 Å². The summed E-state index contributed by atoms with van der Waals surface area (Å²) in [5.74, 6) is 0.514. The molecule has 0 bridgehead atoms. The first kappa shape index (κ1) is 24.7. The van der Waals surface area contributed by atoms with Crippen LogP contribution >= 0.6 is 0 Å². The Morgan fingerprint density at radius 3 is 2.60 bits per heavy atom. The third-order valence-electron chi connectivity index (χ3n) is 6.01. The largest absolute Gasteiger partial charge is 0.573 e. The second-order valence-electron chi connectivity index (χ2n) is 8.88. The molecular formula is C23H27F3N6O3. The van der Waals surface area contributed by atoms with Crippen molar-refractivity contribution >= 4 is 17.9 Å². The van der Waals surface area contributed by atoms with Crippen molar-refractivity contribution in [3.63, 3.8) is 0 Å². The van der Waals surface area contributed by atoms with Crippen LogP contribution in [0.2, 0.25) is 0 Å². The zero-order valence-corrected chi connectivity index (χ0v) is 19.4. The minimum atomic E-state index is -4.80. The van der Waals surface area contributed by atoms with Crippen LogP contribution in [0, 0.1) is 6.92 Å². The first-order chi connectivity index (χ1) is 16.7. The summed E-state index contributed by atoms with van der Waals surface area (Å²) in [5, 5.41) is 23.4. The van der Waals surface area contributed by atoms with Crippen molar-refractivity contribution in [2.45, 2.75) is 50.9 Å². The van der Waals surface area contributed by atoms with E-state index in [0.717, 1.165) is 50.0 Å². The number of rotatable bonds is 5. The predicted molar refractivity (Wildman–Crippen MR) is 122 cm³/mol. The van der Waals surface area contributed by atoms with Crippen LogP contribution in [0.4, 0.5) is 19.1 Å². The molecule has 1 saturated carbocycles. The Kier molecular flexibility index (Phi) is 7.10. The number of hydrogen-bond donors (Lipinski definition) is 2. The highest BCUT2D eigenvalue weighted by Gasteiger charge is 2.34. The molecule has 2 aromatic heterocycles. The van der Waals surface area contributed by atoms with Gasteiger partial charge in [0.2, 0.25) is 5.95 Å². The Bertz CT molecular complexity index is 1200. The van der Waals surface area contributed by atoms with E-state index in [0.29, 0.717) is 23.1 Å². The molecule has 3 aromatic rings. The van der Waals surface area contributed by atoms with Gasteiger partial charge in [-0.25, -0.2) is 0 Å². The number of anilines is 1. The molecule has 3 heterocycles. The highest BCUT2D eigenvalue weighted by atomic mass is 19.4. The highest BCUT2D eigenvalue weighted by Crippen LogP contribution is 2.44. The van der Waals surface area contributed by atoms with Gasteiger partial charge in [0, 0.05) is 18.2 Å². The molecule has 12 heteroatoms. The summed E-state index contributed by atoms with van der Waals surface area (Å²) in [6.45, 7) is 3.51. The number of aromatic nitrogens is 4. The van der Waals surface area contributed by atoms with Crippen LogP contribution in [0.25, 0.3) is 16.8 Å². The minimum Gasteiger partial charge on any atom is -0.483 e. The van der Waals surface area contributed by atoms with Crippen LogP contribution < -0.4 is 10.1 Å². The molecule has 0 amide bonds. The van der Waals surface area contributed by atoms with E-state index in [1.807, 2.05) is 13.0 Å². The number of likely N-dealkylation sites (tertiary alicyclic amines) is 1. The van der Waals surface area contributed by atoms with Gasteiger partial charge in [0.15, 0.2) is 0 Å². The average molecular weight is 493 g/mol. The maximum absolute atomic E-state index is 13.2. The molecule has 1 saturated heterocycles. The van der Waals surface area contributed by atoms with Crippen molar-refractivity contribution in [1.82, 2.24) is 24.7 Å². The number of alkyl halides is 3. The second kappa shape index (κ2) is 10.1. The molecule has 1 aliphatic carbocycles. The number of aryl methyl sites for hydroxylation is 1. The Hall–Kier alpha value is -3.41. The summed E-state index contributed by atoms with van der Waals surface area (Å²) < 4.78 is 45.5. The molecule has 0 unspecified atom stereocenters. The molecule has 35 heavy (non-hydrogen) atoms. The fourth-order valence-electron chi connectivity index (χ4n) is 4.38. The summed E-state index contributed by atoms with van der Waals surface area (Å²) in [4.78, 5) is 10.6. The second-order valence-corrected chi connectivity index (χ2v) is 8.88.